The lowest BCUT2D eigenvalue weighted by molar-refractivity contribution is 0.0586. The number of nitrogens with zero attached hydrogens (tertiary/aromatic N) is 1. The standard InChI is InChI=1S/C11H22Cl2FNO2/c1-11(2,15(12)13)6-4-10(14)5-7-17-9-8-16-3/h10H,4-9H2,1-3H3. The van der Waals surface area contributed by atoms with Gasteiger partial charge in [-0.2, -0.15) is 0 Å². The van der Waals surface area contributed by atoms with Gasteiger partial charge in [-0.1, -0.05) is 0 Å². The second-order valence-electron chi connectivity index (χ2n) is 4.58. The molecule has 6 heteroatoms. The molecule has 0 spiro atoms. The summed E-state index contributed by atoms with van der Waals surface area (Å²) in [6.07, 6.45) is 0.533. The Bertz CT molecular complexity index is 194. The minimum Gasteiger partial charge on any atom is -0.382 e. The summed E-state index contributed by atoms with van der Waals surface area (Å²) in [6.45, 7) is 5.20. The first-order chi connectivity index (χ1) is 7.90. The fourth-order valence-corrected chi connectivity index (χ4v) is 1.36. The number of alkyl halides is 1. The quantitative estimate of drug-likeness (QED) is 0.454. The summed E-state index contributed by atoms with van der Waals surface area (Å²) < 4.78 is 24.6. The van der Waals surface area contributed by atoms with E-state index in [9.17, 15) is 4.39 Å². The maximum Gasteiger partial charge on any atom is 0.102 e. The zero-order valence-corrected chi connectivity index (χ0v) is 12.2. The van der Waals surface area contributed by atoms with Crippen LogP contribution in [0.25, 0.3) is 0 Å². The SMILES string of the molecule is COCCOCCC(F)CCC(C)(C)N(Cl)Cl. The van der Waals surface area contributed by atoms with Crippen molar-refractivity contribution in [1.29, 1.82) is 0 Å². The number of hydrogen-bond donors (Lipinski definition) is 0. The van der Waals surface area contributed by atoms with E-state index < -0.39 is 11.7 Å². The number of ether oxygens (including phenoxy) is 2. The highest BCUT2D eigenvalue weighted by molar-refractivity contribution is 6.34. The van der Waals surface area contributed by atoms with Gasteiger partial charge >= 0.3 is 0 Å². The van der Waals surface area contributed by atoms with Crippen LogP contribution in [0.15, 0.2) is 0 Å². The van der Waals surface area contributed by atoms with Gasteiger partial charge in [-0.05, 0) is 50.2 Å². The summed E-state index contributed by atoms with van der Waals surface area (Å²) >= 11 is 11.3. The fourth-order valence-electron chi connectivity index (χ4n) is 1.19. The van der Waals surface area contributed by atoms with Crippen molar-refractivity contribution in [3.05, 3.63) is 0 Å². The van der Waals surface area contributed by atoms with Crippen LogP contribution in [-0.2, 0) is 9.47 Å². The topological polar surface area (TPSA) is 21.7 Å². The van der Waals surface area contributed by atoms with Crippen LogP contribution in [0.1, 0.15) is 33.1 Å². The van der Waals surface area contributed by atoms with Crippen molar-refractivity contribution in [2.24, 2.45) is 0 Å². The summed E-state index contributed by atoms with van der Waals surface area (Å²) in [6, 6.07) is 0. The third-order valence-electron chi connectivity index (χ3n) is 2.53. The molecule has 0 aromatic carbocycles. The van der Waals surface area contributed by atoms with E-state index in [1.54, 1.807) is 7.11 Å². The van der Waals surface area contributed by atoms with Crippen LogP contribution >= 0.6 is 23.6 Å². The molecule has 0 fully saturated rings. The third-order valence-corrected chi connectivity index (χ3v) is 3.45. The summed E-state index contributed by atoms with van der Waals surface area (Å²) in [5.41, 5.74) is -0.412. The molecule has 0 aromatic heterocycles. The van der Waals surface area contributed by atoms with E-state index in [0.29, 0.717) is 39.1 Å². The highest BCUT2D eigenvalue weighted by Gasteiger charge is 2.25. The molecule has 0 amide bonds. The van der Waals surface area contributed by atoms with Crippen molar-refractivity contribution in [3.8, 4) is 0 Å². The molecule has 0 aliphatic heterocycles. The molecule has 0 heterocycles. The number of methoxy groups -OCH3 is 1. The smallest absolute Gasteiger partial charge is 0.102 e. The molecule has 0 saturated heterocycles. The molecule has 1 atom stereocenters. The molecule has 0 aromatic rings. The predicted octanol–water partition coefficient (Wildman–Crippen LogP) is 3.55. The highest BCUT2D eigenvalue weighted by Crippen LogP contribution is 2.26. The van der Waals surface area contributed by atoms with E-state index >= 15 is 0 Å². The molecular formula is C11H22Cl2FNO2. The van der Waals surface area contributed by atoms with Gasteiger partial charge in [-0.25, -0.2) is 4.39 Å². The molecule has 3 nitrogen and oxygen atoms in total. The van der Waals surface area contributed by atoms with E-state index in [1.165, 1.54) is 0 Å². The van der Waals surface area contributed by atoms with Gasteiger partial charge in [0.25, 0.3) is 0 Å². The van der Waals surface area contributed by atoms with Gasteiger partial charge in [0.1, 0.15) is 6.17 Å². The van der Waals surface area contributed by atoms with Crippen molar-refractivity contribution < 1.29 is 13.9 Å². The zero-order valence-electron chi connectivity index (χ0n) is 10.7. The normalized spacial score (nSPS) is 14.3. The number of rotatable bonds is 10. The Labute approximate surface area is 113 Å². The lowest BCUT2D eigenvalue weighted by atomic mass is 9.97. The Morgan fingerprint density at radius 3 is 2.35 bits per heavy atom. The lowest BCUT2D eigenvalue weighted by Gasteiger charge is -2.27. The van der Waals surface area contributed by atoms with E-state index in [2.05, 4.69) is 0 Å². The predicted molar refractivity (Wildman–Crippen MR) is 69.1 cm³/mol. The van der Waals surface area contributed by atoms with Crippen LogP contribution in [0.3, 0.4) is 0 Å². The van der Waals surface area contributed by atoms with Gasteiger partial charge in [0.05, 0.1) is 13.2 Å². The minimum atomic E-state index is -0.884. The first-order valence-electron chi connectivity index (χ1n) is 5.72. The molecular weight excluding hydrogens is 268 g/mol. The van der Waals surface area contributed by atoms with Crippen molar-refractivity contribution in [3.63, 3.8) is 0 Å². The lowest BCUT2D eigenvalue weighted by Crippen LogP contribution is -2.31. The highest BCUT2D eigenvalue weighted by atomic mass is 35.5. The Balaban J connectivity index is 3.56. The monoisotopic (exact) mass is 289 g/mol. The van der Waals surface area contributed by atoms with Gasteiger partial charge in [-0.15, -0.1) is 3.94 Å². The number of halogens is 3. The second kappa shape index (κ2) is 9.34. The van der Waals surface area contributed by atoms with Crippen molar-refractivity contribution in [2.45, 2.75) is 44.8 Å². The summed E-state index contributed by atoms with van der Waals surface area (Å²) in [4.78, 5) is 0. The Morgan fingerprint density at radius 1 is 1.18 bits per heavy atom. The second-order valence-corrected chi connectivity index (χ2v) is 5.42. The third kappa shape index (κ3) is 9.03. The Morgan fingerprint density at radius 2 is 1.82 bits per heavy atom. The molecule has 0 saturated carbocycles. The Kier molecular flexibility index (Phi) is 9.55. The maximum atomic E-state index is 13.5. The molecule has 1 unspecified atom stereocenters. The van der Waals surface area contributed by atoms with Gasteiger partial charge < -0.3 is 9.47 Å². The van der Waals surface area contributed by atoms with Gasteiger partial charge in [0.15, 0.2) is 0 Å². The average molecular weight is 290 g/mol. The first-order valence-corrected chi connectivity index (χ1v) is 6.40. The Hall–Kier alpha value is 0.390. The van der Waals surface area contributed by atoms with E-state index in [4.69, 9.17) is 33.0 Å². The van der Waals surface area contributed by atoms with Crippen LogP contribution in [0.2, 0.25) is 0 Å². The van der Waals surface area contributed by atoms with Gasteiger partial charge in [0, 0.05) is 25.7 Å². The van der Waals surface area contributed by atoms with Crippen LogP contribution in [0.5, 0.6) is 0 Å². The average Bonchev–Trinajstić information content (AvgIpc) is 2.26. The van der Waals surface area contributed by atoms with Gasteiger partial charge in [0.2, 0.25) is 0 Å². The molecule has 0 rings (SSSR count). The van der Waals surface area contributed by atoms with Gasteiger partial charge in [-0.3, -0.25) is 0 Å². The summed E-state index contributed by atoms with van der Waals surface area (Å²) in [7, 11) is 1.60. The molecule has 104 valence electrons. The number of hydrogen-bond acceptors (Lipinski definition) is 3. The minimum absolute atomic E-state index is 0.393. The van der Waals surface area contributed by atoms with Crippen molar-refractivity contribution >= 4 is 23.6 Å². The first kappa shape index (κ1) is 17.4. The van der Waals surface area contributed by atoms with Crippen LogP contribution in [0, 0.1) is 0 Å². The molecule has 17 heavy (non-hydrogen) atoms. The zero-order chi connectivity index (χ0) is 13.3. The van der Waals surface area contributed by atoms with Crippen molar-refractivity contribution in [1.82, 2.24) is 3.94 Å². The van der Waals surface area contributed by atoms with E-state index in [-0.39, 0.29) is 0 Å². The van der Waals surface area contributed by atoms with E-state index in [0.717, 1.165) is 3.94 Å². The van der Waals surface area contributed by atoms with Crippen LogP contribution < -0.4 is 0 Å². The van der Waals surface area contributed by atoms with Crippen molar-refractivity contribution in [2.75, 3.05) is 26.9 Å². The molecule has 0 N–H and O–H groups in total. The molecule has 0 aliphatic rings. The molecule has 0 radical (unpaired) electrons. The van der Waals surface area contributed by atoms with Crippen LogP contribution in [0.4, 0.5) is 4.39 Å². The maximum absolute atomic E-state index is 13.5. The fraction of sp³-hybridized carbons (Fsp3) is 1.00. The summed E-state index contributed by atoms with van der Waals surface area (Å²) in [5.74, 6) is 0. The van der Waals surface area contributed by atoms with Crippen LogP contribution in [-0.4, -0.2) is 42.6 Å². The molecule has 0 bridgehead atoms. The largest absolute Gasteiger partial charge is 0.382 e. The van der Waals surface area contributed by atoms with E-state index in [1.807, 2.05) is 13.8 Å². The molecule has 0 aliphatic carbocycles. The summed E-state index contributed by atoms with van der Waals surface area (Å²) in [5, 5.41) is 0.